The molecule has 0 spiro atoms. The highest BCUT2D eigenvalue weighted by molar-refractivity contribution is 5.79. The SMILES string of the molecule is CCC(C)c1ccc(OCCOC)c(C=O)c1. The van der Waals surface area contributed by atoms with Crippen LogP contribution in [-0.2, 0) is 4.74 Å². The van der Waals surface area contributed by atoms with Crippen LogP contribution >= 0.6 is 0 Å². The van der Waals surface area contributed by atoms with Gasteiger partial charge in [0.2, 0.25) is 0 Å². The Bertz CT molecular complexity index is 360. The fourth-order valence-corrected chi connectivity index (χ4v) is 1.57. The molecule has 0 radical (unpaired) electrons. The van der Waals surface area contributed by atoms with Gasteiger partial charge in [-0.1, -0.05) is 19.9 Å². The Labute approximate surface area is 103 Å². The van der Waals surface area contributed by atoms with Crippen LogP contribution in [0.15, 0.2) is 18.2 Å². The summed E-state index contributed by atoms with van der Waals surface area (Å²) in [5.41, 5.74) is 1.78. The Kier molecular flexibility index (Phi) is 5.70. The Balaban J connectivity index is 2.81. The van der Waals surface area contributed by atoms with Crippen LogP contribution in [0.1, 0.15) is 42.1 Å². The Morgan fingerprint density at radius 1 is 1.35 bits per heavy atom. The van der Waals surface area contributed by atoms with E-state index in [9.17, 15) is 4.79 Å². The Morgan fingerprint density at radius 2 is 2.12 bits per heavy atom. The van der Waals surface area contributed by atoms with Gasteiger partial charge in [0.15, 0.2) is 6.29 Å². The van der Waals surface area contributed by atoms with Crippen molar-refractivity contribution in [3.05, 3.63) is 29.3 Å². The van der Waals surface area contributed by atoms with Crippen LogP contribution in [0.5, 0.6) is 5.75 Å². The monoisotopic (exact) mass is 236 g/mol. The molecule has 17 heavy (non-hydrogen) atoms. The average molecular weight is 236 g/mol. The number of ether oxygens (including phenoxy) is 2. The summed E-state index contributed by atoms with van der Waals surface area (Å²) in [6.07, 6.45) is 1.90. The molecule has 0 N–H and O–H groups in total. The van der Waals surface area contributed by atoms with E-state index in [0.29, 0.717) is 30.4 Å². The van der Waals surface area contributed by atoms with Gasteiger partial charge in [-0.3, -0.25) is 4.79 Å². The summed E-state index contributed by atoms with van der Waals surface area (Å²) in [5, 5.41) is 0. The minimum atomic E-state index is 0.458. The molecule has 0 saturated heterocycles. The lowest BCUT2D eigenvalue weighted by molar-refractivity contribution is 0.111. The zero-order valence-electron chi connectivity index (χ0n) is 10.7. The van der Waals surface area contributed by atoms with E-state index in [1.807, 2.05) is 18.2 Å². The smallest absolute Gasteiger partial charge is 0.153 e. The van der Waals surface area contributed by atoms with Crippen molar-refractivity contribution in [2.75, 3.05) is 20.3 Å². The van der Waals surface area contributed by atoms with Crippen molar-refractivity contribution in [3.63, 3.8) is 0 Å². The van der Waals surface area contributed by atoms with Crippen molar-refractivity contribution >= 4 is 6.29 Å². The zero-order valence-corrected chi connectivity index (χ0v) is 10.7. The Morgan fingerprint density at radius 3 is 2.71 bits per heavy atom. The van der Waals surface area contributed by atoms with Crippen LogP contribution in [0, 0.1) is 0 Å². The molecule has 0 heterocycles. The van der Waals surface area contributed by atoms with Gasteiger partial charge in [0.1, 0.15) is 12.4 Å². The number of methoxy groups -OCH3 is 1. The van der Waals surface area contributed by atoms with Crippen molar-refractivity contribution < 1.29 is 14.3 Å². The van der Waals surface area contributed by atoms with E-state index >= 15 is 0 Å². The molecule has 1 rings (SSSR count). The first kappa shape index (κ1) is 13.7. The minimum absolute atomic E-state index is 0.458. The largest absolute Gasteiger partial charge is 0.490 e. The predicted octanol–water partition coefficient (Wildman–Crippen LogP) is 3.04. The fraction of sp³-hybridized carbons (Fsp3) is 0.500. The van der Waals surface area contributed by atoms with E-state index in [1.54, 1.807) is 7.11 Å². The van der Waals surface area contributed by atoms with Gasteiger partial charge in [0.25, 0.3) is 0 Å². The maximum Gasteiger partial charge on any atom is 0.153 e. The normalized spacial score (nSPS) is 12.2. The average Bonchev–Trinajstić information content (AvgIpc) is 2.38. The van der Waals surface area contributed by atoms with E-state index in [1.165, 1.54) is 5.56 Å². The first-order valence-corrected chi connectivity index (χ1v) is 5.93. The summed E-state index contributed by atoms with van der Waals surface area (Å²) in [6.45, 7) is 5.26. The molecule has 3 nitrogen and oxygen atoms in total. The molecular weight excluding hydrogens is 216 g/mol. The summed E-state index contributed by atoms with van der Waals surface area (Å²) >= 11 is 0. The molecule has 0 saturated carbocycles. The summed E-state index contributed by atoms with van der Waals surface area (Å²) < 4.78 is 10.4. The second kappa shape index (κ2) is 7.07. The quantitative estimate of drug-likeness (QED) is 0.539. The van der Waals surface area contributed by atoms with E-state index in [4.69, 9.17) is 9.47 Å². The van der Waals surface area contributed by atoms with Crippen LogP contribution < -0.4 is 4.74 Å². The van der Waals surface area contributed by atoms with Gasteiger partial charge in [-0.2, -0.15) is 0 Å². The molecule has 1 atom stereocenters. The molecule has 0 amide bonds. The molecule has 0 aliphatic carbocycles. The summed E-state index contributed by atoms with van der Waals surface area (Å²) in [5.74, 6) is 1.09. The van der Waals surface area contributed by atoms with E-state index < -0.39 is 0 Å². The number of rotatable bonds is 7. The molecule has 3 heteroatoms. The highest BCUT2D eigenvalue weighted by atomic mass is 16.5. The maximum atomic E-state index is 11.0. The lowest BCUT2D eigenvalue weighted by Gasteiger charge is -2.13. The number of carbonyl (C=O) groups excluding carboxylic acids is 1. The first-order valence-electron chi connectivity index (χ1n) is 5.93. The number of hydrogen-bond acceptors (Lipinski definition) is 3. The fourth-order valence-electron chi connectivity index (χ4n) is 1.57. The third-order valence-electron chi connectivity index (χ3n) is 2.89. The Hall–Kier alpha value is -1.35. The molecule has 1 aromatic rings. The highest BCUT2D eigenvalue weighted by Gasteiger charge is 2.08. The number of aldehydes is 1. The standard InChI is InChI=1S/C14H20O3/c1-4-11(2)12-5-6-14(13(9-12)10-15)17-8-7-16-3/h5-6,9-11H,4,7-8H2,1-3H3. The second-order valence-electron chi connectivity index (χ2n) is 4.07. The van der Waals surface area contributed by atoms with Crippen LogP contribution in [-0.4, -0.2) is 26.6 Å². The van der Waals surface area contributed by atoms with Crippen molar-refractivity contribution in [3.8, 4) is 5.75 Å². The van der Waals surface area contributed by atoms with Gasteiger partial charge in [0.05, 0.1) is 12.2 Å². The highest BCUT2D eigenvalue weighted by Crippen LogP contribution is 2.24. The summed E-state index contributed by atoms with van der Waals surface area (Å²) in [7, 11) is 1.62. The molecule has 0 aliphatic rings. The van der Waals surface area contributed by atoms with Crippen LogP contribution in [0.25, 0.3) is 0 Å². The molecule has 0 fully saturated rings. The third-order valence-corrected chi connectivity index (χ3v) is 2.89. The minimum Gasteiger partial charge on any atom is -0.490 e. The lowest BCUT2D eigenvalue weighted by atomic mass is 9.97. The molecule has 1 unspecified atom stereocenters. The summed E-state index contributed by atoms with van der Waals surface area (Å²) in [4.78, 5) is 11.0. The molecule has 1 aromatic carbocycles. The van der Waals surface area contributed by atoms with Gasteiger partial charge in [0, 0.05) is 7.11 Å². The van der Waals surface area contributed by atoms with Crippen molar-refractivity contribution in [1.29, 1.82) is 0 Å². The lowest BCUT2D eigenvalue weighted by Crippen LogP contribution is -2.06. The van der Waals surface area contributed by atoms with E-state index in [-0.39, 0.29) is 0 Å². The van der Waals surface area contributed by atoms with E-state index in [0.717, 1.165) is 12.7 Å². The van der Waals surface area contributed by atoms with Gasteiger partial charge in [-0.15, -0.1) is 0 Å². The van der Waals surface area contributed by atoms with Gasteiger partial charge < -0.3 is 9.47 Å². The topological polar surface area (TPSA) is 35.5 Å². The molecular formula is C14H20O3. The van der Waals surface area contributed by atoms with Gasteiger partial charge in [-0.25, -0.2) is 0 Å². The number of carbonyl (C=O) groups is 1. The van der Waals surface area contributed by atoms with Gasteiger partial charge in [-0.05, 0) is 30.0 Å². The number of hydrogen-bond donors (Lipinski definition) is 0. The molecule has 0 aromatic heterocycles. The molecule has 0 bridgehead atoms. The third kappa shape index (κ3) is 3.86. The van der Waals surface area contributed by atoms with E-state index in [2.05, 4.69) is 13.8 Å². The molecule has 94 valence electrons. The first-order chi connectivity index (χ1) is 8.22. The van der Waals surface area contributed by atoms with Crippen LogP contribution in [0.4, 0.5) is 0 Å². The summed E-state index contributed by atoms with van der Waals surface area (Å²) in [6, 6.07) is 5.79. The molecule has 0 aliphatic heterocycles. The van der Waals surface area contributed by atoms with Crippen molar-refractivity contribution in [2.24, 2.45) is 0 Å². The van der Waals surface area contributed by atoms with Crippen molar-refractivity contribution in [2.45, 2.75) is 26.2 Å². The predicted molar refractivity (Wildman–Crippen MR) is 67.9 cm³/mol. The van der Waals surface area contributed by atoms with Crippen LogP contribution in [0.3, 0.4) is 0 Å². The maximum absolute atomic E-state index is 11.0. The van der Waals surface area contributed by atoms with Crippen molar-refractivity contribution in [1.82, 2.24) is 0 Å². The zero-order chi connectivity index (χ0) is 12.7. The van der Waals surface area contributed by atoms with Crippen LogP contribution in [0.2, 0.25) is 0 Å². The second-order valence-corrected chi connectivity index (χ2v) is 4.07. The number of benzene rings is 1. The van der Waals surface area contributed by atoms with Gasteiger partial charge >= 0.3 is 0 Å².